The standard InChI is InChI=1S/C15H24N2O3/c18-13-4-2-8-16(13)10-5-14(19)17-9-1-3-12(11-17)15(20)6-7-15/h12,20H,1-11H2. The van der Waals surface area contributed by atoms with Crippen molar-refractivity contribution in [2.45, 2.75) is 50.5 Å². The normalized spacial score (nSPS) is 28.9. The maximum Gasteiger partial charge on any atom is 0.224 e. The third-order valence-electron chi connectivity index (χ3n) is 5.06. The molecule has 0 radical (unpaired) electrons. The third-order valence-corrected chi connectivity index (χ3v) is 5.06. The van der Waals surface area contributed by atoms with Gasteiger partial charge in [-0.15, -0.1) is 0 Å². The number of likely N-dealkylation sites (tertiary alicyclic amines) is 2. The predicted molar refractivity (Wildman–Crippen MR) is 73.9 cm³/mol. The molecule has 2 amide bonds. The summed E-state index contributed by atoms with van der Waals surface area (Å²) in [5, 5.41) is 10.2. The molecule has 112 valence electrons. The van der Waals surface area contributed by atoms with Crippen molar-refractivity contribution < 1.29 is 14.7 Å². The number of carbonyl (C=O) groups excluding carboxylic acids is 2. The van der Waals surface area contributed by atoms with Gasteiger partial charge in [-0.25, -0.2) is 0 Å². The summed E-state index contributed by atoms with van der Waals surface area (Å²) in [5.74, 6) is 0.578. The van der Waals surface area contributed by atoms with Crippen LogP contribution in [-0.4, -0.2) is 58.5 Å². The Hall–Kier alpha value is -1.10. The third kappa shape index (κ3) is 2.82. The smallest absolute Gasteiger partial charge is 0.224 e. The van der Waals surface area contributed by atoms with Crippen molar-refractivity contribution in [1.29, 1.82) is 0 Å². The van der Waals surface area contributed by atoms with Crippen LogP contribution in [0.1, 0.15) is 44.9 Å². The molecule has 0 bridgehead atoms. The van der Waals surface area contributed by atoms with Crippen LogP contribution < -0.4 is 0 Å². The zero-order valence-corrected chi connectivity index (χ0v) is 12.0. The van der Waals surface area contributed by atoms with Crippen LogP contribution in [0.3, 0.4) is 0 Å². The first-order valence-electron chi connectivity index (χ1n) is 7.86. The monoisotopic (exact) mass is 280 g/mol. The molecule has 2 saturated heterocycles. The average molecular weight is 280 g/mol. The first kappa shape index (κ1) is 13.9. The van der Waals surface area contributed by atoms with E-state index in [4.69, 9.17) is 0 Å². The molecule has 1 saturated carbocycles. The Labute approximate surface area is 119 Å². The minimum absolute atomic E-state index is 0.138. The van der Waals surface area contributed by atoms with E-state index in [0.29, 0.717) is 25.9 Å². The molecule has 0 spiro atoms. The summed E-state index contributed by atoms with van der Waals surface area (Å²) in [6.07, 6.45) is 5.78. The molecule has 2 heterocycles. The molecular weight excluding hydrogens is 256 g/mol. The highest BCUT2D eigenvalue weighted by atomic mass is 16.3. The molecule has 3 fully saturated rings. The molecule has 0 aromatic rings. The zero-order valence-electron chi connectivity index (χ0n) is 12.0. The summed E-state index contributed by atoms with van der Waals surface area (Å²) in [4.78, 5) is 27.5. The molecule has 5 heteroatoms. The van der Waals surface area contributed by atoms with Gasteiger partial charge < -0.3 is 14.9 Å². The molecule has 3 aliphatic rings. The first-order valence-corrected chi connectivity index (χ1v) is 7.86. The van der Waals surface area contributed by atoms with Gasteiger partial charge in [0.1, 0.15) is 0 Å². The molecule has 0 aromatic carbocycles. The van der Waals surface area contributed by atoms with E-state index in [9.17, 15) is 14.7 Å². The molecular formula is C15H24N2O3. The van der Waals surface area contributed by atoms with Crippen LogP contribution >= 0.6 is 0 Å². The molecule has 1 aliphatic carbocycles. The summed E-state index contributed by atoms with van der Waals surface area (Å²) >= 11 is 0. The summed E-state index contributed by atoms with van der Waals surface area (Å²) in [5.41, 5.74) is -0.482. The topological polar surface area (TPSA) is 60.9 Å². The van der Waals surface area contributed by atoms with Crippen LogP contribution in [-0.2, 0) is 9.59 Å². The van der Waals surface area contributed by atoms with Crippen molar-refractivity contribution in [2.24, 2.45) is 5.92 Å². The van der Waals surface area contributed by atoms with Crippen LogP contribution in [0.2, 0.25) is 0 Å². The van der Waals surface area contributed by atoms with Gasteiger partial charge >= 0.3 is 0 Å². The van der Waals surface area contributed by atoms with E-state index in [0.717, 1.165) is 45.2 Å². The largest absolute Gasteiger partial charge is 0.390 e. The van der Waals surface area contributed by atoms with Crippen molar-refractivity contribution in [1.82, 2.24) is 9.80 Å². The van der Waals surface area contributed by atoms with E-state index in [-0.39, 0.29) is 17.7 Å². The van der Waals surface area contributed by atoms with Crippen LogP contribution in [0.25, 0.3) is 0 Å². The number of amides is 2. The Morgan fingerprint density at radius 1 is 1.30 bits per heavy atom. The second-order valence-corrected chi connectivity index (χ2v) is 6.52. The lowest BCUT2D eigenvalue weighted by atomic mass is 9.90. The zero-order chi connectivity index (χ0) is 14.2. The Kier molecular flexibility index (Phi) is 3.71. The van der Waals surface area contributed by atoms with E-state index >= 15 is 0 Å². The Morgan fingerprint density at radius 2 is 2.10 bits per heavy atom. The average Bonchev–Trinajstić information content (AvgIpc) is 3.08. The number of piperidine rings is 1. The molecule has 5 nitrogen and oxygen atoms in total. The van der Waals surface area contributed by atoms with Gasteiger partial charge in [-0.1, -0.05) is 0 Å². The van der Waals surface area contributed by atoms with E-state index in [2.05, 4.69) is 0 Å². The number of carbonyl (C=O) groups is 2. The van der Waals surface area contributed by atoms with Crippen LogP contribution in [0.15, 0.2) is 0 Å². The lowest BCUT2D eigenvalue weighted by molar-refractivity contribution is -0.135. The second-order valence-electron chi connectivity index (χ2n) is 6.52. The van der Waals surface area contributed by atoms with Gasteiger partial charge in [-0.3, -0.25) is 9.59 Å². The Morgan fingerprint density at radius 3 is 2.75 bits per heavy atom. The van der Waals surface area contributed by atoms with Gasteiger partial charge in [-0.05, 0) is 32.1 Å². The molecule has 1 unspecified atom stereocenters. The first-order chi connectivity index (χ1) is 9.58. The van der Waals surface area contributed by atoms with Crippen molar-refractivity contribution in [3.63, 3.8) is 0 Å². The SMILES string of the molecule is O=C1CCCN1CCC(=O)N1CCCC(C2(O)CC2)C1. The van der Waals surface area contributed by atoms with Gasteiger partial charge in [0.2, 0.25) is 11.8 Å². The molecule has 2 aliphatic heterocycles. The van der Waals surface area contributed by atoms with E-state index in [1.807, 2.05) is 4.90 Å². The molecule has 1 atom stereocenters. The fourth-order valence-corrected chi connectivity index (χ4v) is 3.51. The number of hydrogen-bond acceptors (Lipinski definition) is 3. The highest BCUT2D eigenvalue weighted by Crippen LogP contribution is 2.45. The van der Waals surface area contributed by atoms with Gasteiger partial charge in [-0.2, -0.15) is 0 Å². The van der Waals surface area contributed by atoms with E-state index < -0.39 is 5.60 Å². The number of rotatable bonds is 4. The van der Waals surface area contributed by atoms with Crippen LogP contribution in [0.5, 0.6) is 0 Å². The second kappa shape index (κ2) is 5.35. The maximum atomic E-state index is 12.3. The lowest BCUT2D eigenvalue weighted by Gasteiger charge is -2.35. The summed E-state index contributed by atoms with van der Waals surface area (Å²) < 4.78 is 0. The Balaban J connectivity index is 1.48. The van der Waals surface area contributed by atoms with Gasteiger partial charge in [0, 0.05) is 44.9 Å². The predicted octanol–water partition coefficient (Wildman–Crippen LogP) is 0.762. The van der Waals surface area contributed by atoms with E-state index in [1.165, 1.54) is 0 Å². The molecule has 1 N–H and O–H groups in total. The van der Waals surface area contributed by atoms with Crippen molar-refractivity contribution in [3.05, 3.63) is 0 Å². The quantitative estimate of drug-likeness (QED) is 0.827. The van der Waals surface area contributed by atoms with Gasteiger partial charge in [0.15, 0.2) is 0 Å². The maximum absolute atomic E-state index is 12.3. The van der Waals surface area contributed by atoms with Gasteiger partial charge in [0.25, 0.3) is 0 Å². The fraction of sp³-hybridized carbons (Fsp3) is 0.867. The van der Waals surface area contributed by atoms with E-state index in [1.54, 1.807) is 4.90 Å². The number of aliphatic hydroxyl groups is 1. The molecule has 3 rings (SSSR count). The summed E-state index contributed by atoms with van der Waals surface area (Å²) in [6.45, 7) is 2.86. The van der Waals surface area contributed by atoms with Gasteiger partial charge in [0.05, 0.1) is 5.60 Å². The van der Waals surface area contributed by atoms with Crippen molar-refractivity contribution in [3.8, 4) is 0 Å². The highest BCUT2D eigenvalue weighted by Gasteiger charge is 2.48. The van der Waals surface area contributed by atoms with Crippen molar-refractivity contribution >= 4 is 11.8 Å². The summed E-state index contributed by atoms with van der Waals surface area (Å²) in [6, 6.07) is 0. The summed E-state index contributed by atoms with van der Waals surface area (Å²) in [7, 11) is 0. The van der Waals surface area contributed by atoms with Crippen molar-refractivity contribution in [2.75, 3.05) is 26.2 Å². The number of hydrogen-bond donors (Lipinski definition) is 1. The minimum atomic E-state index is -0.482. The Bertz CT molecular complexity index is 406. The lowest BCUT2D eigenvalue weighted by Crippen LogP contribution is -2.45. The van der Waals surface area contributed by atoms with Crippen LogP contribution in [0.4, 0.5) is 0 Å². The molecule has 0 aromatic heterocycles. The number of nitrogens with zero attached hydrogens (tertiary/aromatic N) is 2. The minimum Gasteiger partial charge on any atom is -0.390 e. The fourth-order valence-electron chi connectivity index (χ4n) is 3.51. The van der Waals surface area contributed by atoms with Crippen LogP contribution in [0, 0.1) is 5.92 Å². The molecule has 20 heavy (non-hydrogen) atoms. The highest BCUT2D eigenvalue weighted by molar-refractivity contribution is 5.80.